The number of ether oxygens (including phenoxy) is 9. The molecule has 0 saturated carbocycles. The molecule has 0 amide bonds. The summed E-state index contributed by atoms with van der Waals surface area (Å²) < 4.78 is 56.4. The highest BCUT2D eigenvalue weighted by Crippen LogP contribution is 2.36. The lowest BCUT2D eigenvalue weighted by molar-refractivity contribution is -0.0252. The molecule has 0 aliphatic carbocycles. The van der Waals surface area contributed by atoms with E-state index in [1.54, 1.807) is 0 Å². The molecule has 0 aromatic heterocycles. The lowest BCUT2D eigenvalue weighted by Crippen LogP contribution is -2.66. The third-order valence-electron chi connectivity index (χ3n) is 7.14. The first kappa shape index (κ1) is 41.4. The van der Waals surface area contributed by atoms with E-state index in [-0.39, 0.29) is 5.04 Å². The van der Waals surface area contributed by atoms with E-state index in [1.807, 2.05) is 6.92 Å². The van der Waals surface area contributed by atoms with Crippen LogP contribution in [0.1, 0.15) is 27.7 Å². The molecule has 2 aromatic rings. The Morgan fingerprint density at radius 2 is 0.638 bits per heavy atom. The lowest BCUT2D eigenvalue weighted by atomic mass is 10.2. The summed E-state index contributed by atoms with van der Waals surface area (Å²) in [6.07, 6.45) is 0. The highest BCUT2D eigenvalue weighted by molar-refractivity contribution is 6.99. The van der Waals surface area contributed by atoms with Gasteiger partial charge in [0.1, 0.15) is 0 Å². The van der Waals surface area contributed by atoms with Crippen LogP contribution in [0.2, 0.25) is 5.04 Å². The lowest BCUT2D eigenvalue weighted by Gasteiger charge is -2.43. The minimum absolute atomic E-state index is 0.0513. The molecule has 0 aliphatic rings. The Bertz CT molecular complexity index is 922. The highest BCUT2D eigenvalue weighted by Gasteiger charge is 2.49. The van der Waals surface area contributed by atoms with E-state index in [0.717, 1.165) is 0 Å². The average Bonchev–Trinajstić information content (AvgIpc) is 3.08. The van der Waals surface area contributed by atoms with E-state index in [0.29, 0.717) is 126 Å². The summed E-state index contributed by atoms with van der Waals surface area (Å²) in [7, 11) is -2.53. The fourth-order valence-corrected chi connectivity index (χ4v) is 9.46. The van der Waals surface area contributed by atoms with Crippen molar-refractivity contribution in [2.45, 2.75) is 32.7 Å². The van der Waals surface area contributed by atoms with Crippen molar-refractivity contribution >= 4 is 18.7 Å². The molecule has 0 fully saturated rings. The van der Waals surface area contributed by atoms with Gasteiger partial charge in [0.2, 0.25) is 0 Å². The summed E-state index contributed by atoms with van der Waals surface area (Å²) in [6, 6.07) is 21.3. The van der Waals surface area contributed by atoms with Gasteiger partial charge in [0, 0.05) is 6.61 Å². The van der Waals surface area contributed by atoms with Crippen LogP contribution in [0, 0.1) is 0 Å². The fraction of sp³-hybridized carbons (Fsp3) is 0.667. The maximum Gasteiger partial charge on any atom is 0.261 e. The zero-order valence-electron chi connectivity index (χ0n) is 29.3. The molecule has 0 radical (unpaired) electrons. The van der Waals surface area contributed by atoms with Crippen molar-refractivity contribution < 1.29 is 47.1 Å². The van der Waals surface area contributed by atoms with Crippen LogP contribution in [0.25, 0.3) is 0 Å². The number of hydrogen-bond donors (Lipinski definition) is 0. The van der Waals surface area contributed by atoms with Gasteiger partial charge in [0.15, 0.2) is 0 Å². The highest BCUT2D eigenvalue weighted by atomic mass is 28.4. The van der Waals surface area contributed by atoms with Crippen LogP contribution in [-0.2, 0) is 47.1 Å². The molecule has 0 heterocycles. The maximum absolute atomic E-state index is 6.84. The molecule has 11 heteroatoms. The van der Waals surface area contributed by atoms with Crippen molar-refractivity contribution in [1.82, 2.24) is 0 Å². The summed E-state index contributed by atoms with van der Waals surface area (Å²) in [5.41, 5.74) is 0. The Hall–Kier alpha value is -1.74. The van der Waals surface area contributed by atoms with Crippen LogP contribution in [-0.4, -0.2) is 134 Å². The Balaban J connectivity index is 1.38. The van der Waals surface area contributed by atoms with Gasteiger partial charge >= 0.3 is 0 Å². The fourth-order valence-electron chi connectivity index (χ4n) is 4.92. The van der Waals surface area contributed by atoms with E-state index >= 15 is 0 Å². The van der Waals surface area contributed by atoms with Gasteiger partial charge in [-0.25, -0.2) is 0 Å². The SMILES string of the molecule is CCOCCOCCOCCOCCOCCOCCOCCOCCOCCO[Si](c1ccccc1)(c1ccccc1)C(C)(C)C. The van der Waals surface area contributed by atoms with Crippen molar-refractivity contribution in [1.29, 1.82) is 0 Å². The monoisotopic (exact) mass is 680 g/mol. The van der Waals surface area contributed by atoms with Gasteiger partial charge in [-0.2, -0.15) is 0 Å². The molecule has 2 rings (SSSR count). The molecule has 0 atom stereocenters. The van der Waals surface area contributed by atoms with Gasteiger partial charge in [-0.05, 0) is 22.3 Å². The zero-order valence-corrected chi connectivity index (χ0v) is 30.3. The van der Waals surface area contributed by atoms with E-state index in [9.17, 15) is 0 Å². The first-order valence-electron chi connectivity index (χ1n) is 17.0. The van der Waals surface area contributed by atoms with E-state index in [1.165, 1.54) is 10.4 Å². The molecular formula is C36H60O10Si. The summed E-state index contributed by atoms with van der Waals surface area (Å²) in [4.78, 5) is 0. The van der Waals surface area contributed by atoms with Crippen LogP contribution in [0.15, 0.2) is 60.7 Å². The molecule has 0 saturated heterocycles. The second-order valence-corrected chi connectivity index (χ2v) is 15.9. The Morgan fingerprint density at radius 1 is 0.383 bits per heavy atom. The first-order valence-corrected chi connectivity index (χ1v) is 18.9. The van der Waals surface area contributed by atoms with E-state index in [4.69, 9.17) is 47.1 Å². The summed E-state index contributed by atoms with van der Waals surface area (Å²) in [6.45, 7) is 19.1. The van der Waals surface area contributed by atoms with Gasteiger partial charge in [0.25, 0.3) is 8.32 Å². The van der Waals surface area contributed by atoms with Crippen LogP contribution < -0.4 is 10.4 Å². The molecule has 0 spiro atoms. The molecule has 0 aliphatic heterocycles. The van der Waals surface area contributed by atoms with Gasteiger partial charge in [-0.15, -0.1) is 0 Å². The van der Waals surface area contributed by atoms with Crippen LogP contribution in [0.5, 0.6) is 0 Å². The van der Waals surface area contributed by atoms with Crippen molar-refractivity contribution in [3.05, 3.63) is 60.7 Å². The Labute approximate surface area is 284 Å². The standard InChI is InChI=1S/C36H60O10Si/c1-5-37-16-17-38-18-19-39-20-21-40-22-23-41-24-25-42-26-27-43-28-29-44-30-31-45-32-33-46-47(36(2,3)4,34-12-8-6-9-13-34)35-14-10-7-11-15-35/h6-15H,5,16-33H2,1-4H3. The summed E-state index contributed by atoms with van der Waals surface area (Å²) >= 11 is 0. The van der Waals surface area contributed by atoms with Gasteiger partial charge in [-0.1, -0.05) is 81.4 Å². The second-order valence-electron chi connectivity index (χ2n) is 11.6. The normalized spacial score (nSPS) is 12.2. The topological polar surface area (TPSA) is 92.3 Å². The van der Waals surface area contributed by atoms with Crippen molar-refractivity contribution in [2.24, 2.45) is 0 Å². The van der Waals surface area contributed by atoms with Gasteiger partial charge in [-0.3, -0.25) is 0 Å². The minimum atomic E-state index is -2.53. The molecule has 0 bridgehead atoms. The molecule has 2 aromatic carbocycles. The summed E-state index contributed by atoms with van der Waals surface area (Å²) in [5, 5.41) is 2.49. The average molecular weight is 681 g/mol. The van der Waals surface area contributed by atoms with Crippen LogP contribution in [0.3, 0.4) is 0 Å². The van der Waals surface area contributed by atoms with Gasteiger partial charge in [0.05, 0.1) is 119 Å². The quantitative estimate of drug-likeness (QED) is 0.0867. The first-order chi connectivity index (χ1) is 23.0. The zero-order chi connectivity index (χ0) is 33.7. The minimum Gasteiger partial charge on any atom is -0.405 e. The maximum atomic E-state index is 6.84. The van der Waals surface area contributed by atoms with Crippen molar-refractivity contribution in [3.63, 3.8) is 0 Å². The summed E-state index contributed by atoms with van der Waals surface area (Å²) in [5.74, 6) is 0. The van der Waals surface area contributed by atoms with E-state index in [2.05, 4.69) is 81.4 Å². The van der Waals surface area contributed by atoms with Crippen molar-refractivity contribution in [3.8, 4) is 0 Å². The third-order valence-corrected chi connectivity index (χ3v) is 12.2. The molecule has 0 unspecified atom stereocenters. The molecule has 47 heavy (non-hydrogen) atoms. The Kier molecular flexibility index (Phi) is 23.9. The number of rotatable bonds is 31. The molecular weight excluding hydrogens is 620 g/mol. The third kappa shape index (κ3) is 18.0. The van der Waals surface area contributed by atoms with Crippen LogP contribution >= 0.6 is 0 Å². The molecule has 0 N–H and O–H groups in total. The number of benzene rings is 2. The largest absolute Gasteiger partial charge is 0.405 e. The predicted octanol–water partition coefficient (Wildman–Crippen LogP) is 3.73. The predicted molar refractivity (Wildman–Crippen MR) is 187 cm³/mol. The number of hydrogen-bond acceptors (Lipinski definition) is 10. The molecule has 10 nitrogen and oxygen atoms in total. The van der Waals surface area contributed by atoms with Crippen molar-refractivity contribution in [2.75, 3.05) is 126 Å². The van der Waals surface area contributed by atoms with Crippen LogP contribution in [0.4, 0.5) is 0 Å². The smallest absolute Gasteiger partial charge is 0.261 e. The van der Waals surface area contributed by atoms with Gasteiger partial charge < -0.3 is 47.1 Å². The Morgan fingerprint density at radius 3 is 0.894 bits per heavy atom. The second kappa shape index (κ2) is 27.1. The van der Waals surface area contributed by atoms with E-state index < -0.39 is 8.32 Å². The molecule has 268 valence electrons.